The highest BCUT2D eigenvalue weighted by atomic mass is 16.5. The molecule has 1 aliphatic heterocycles. The lowest BCUT2D eigenvalue weighted by Crippen LogP contribution is -2.42. The van der Waals surface area contributed by atoms with Gasteiger partial charge in [-0.3, -0.25) is 4.79 Å². The highest BCUT2D eigenvalue weighted by Gasteiger charge is 2.36. The summed E-state index contributed by atoms with van der Waals surface area (Å²) in [6.45, 7) is 6.31. The van der Waals surface area contributed by atoms with Crippen molar-refractivity contribution in [2.45, 2.75) is 52.1 Å². The predicted molar refractivity (Wildman–Crippen MR) is 100 cm³/mol. The van der Waals surface area contributed by atoms with Gasteiger partial charge in [0.25, 0.3) is 0 Å². The highest BCUT2D eigenvalue weighted by Crippen LogP contribution is 2.44. The van der Waals surface area contributed by atoms with Crippen molar-refractivity contribution in [1.29, 1.82) is 0 Å². The normalized spacial score (nSPS) is 21.3. The van der Waals surface area contributed by atoms with Gasteiger partial charge in [0.15, 0.2) is 11.5 Å². The molecular weight excluding hydrogens is 326 g/mol. The first kappa shape index (κ1) is 17.1. The third kappa shape index (κ3) is 2.88. The number of carbonyl (C=O) groups excluding carboxylic acids is 1. The summed E-state index contributed by atoms with van der Waals surface area (Å²) < 4.78 is 5.48. The summed E-state index contributed by atoms with van der Waals surface area (Å²) in [5, 5.41) is 14.2. The number of hydrogen-bond acceptors (Lipinski definition) is 4. The van der Waals surface area contributed by atoms with Gasteiger partial charge < -0.3 is 15.2 Å². The van der Waals surface area contributed by atoms with Crippen LogP contribution >= 0.6 is 0 Å². The molecule has 2 aromatic carbocycles. The van der Waals surface area contributed by atoms with E-state index in [0.29, 0.717) is 6.04 Å². The number of hydrogen-bond donors (Lipinski definition) is 2. The van der Waals surface area contributed by atoms with Crippen molar-refractivity contribution in [3.05, 3.63) is 58.7 Å². The Hall–Kier alpha value is -2.33. The summed E-state index contributed by atoms with van der Waals surface area (Å²) in [6.07, 6.45) is 1.94. The Kier molecular flexibility index (Phi) is 4.03. The van der Waals surface area contributed by atoms with E-state index in [1.54, 1.807) is 26.8 Å². The van der Waals surface area contributed by atoms with E-state index in [2.05, 4.69) is 29.6 Å². The molecule has 0 unspecified atom stereocenters. The maximum atomic E-state index is 12.2. The lowest BCUT2D eigenvalue weighted by Gasteiger charge is -2.39. The minimum atomic E-state index is -0.611. The van der Waals surface area contributed by atoms with Crippen molar-refractivity contribution < 1.29 is 14.6 Å². The Balaban J connectivity index is 1.74. The van der Waals surface area contributed by atoms with Crippen LogP contribution in [0.3, 0.4) is 0 Å². The number of aromatic hydroxyl groups is 1. The summed E-state index contributed by atoms with van der Waals surface area (Å²) in [7, 11) is 0. The third-order valence-corrected chi connectivity index (χ3v) is 5.44. The Morgan fingerprint density at radius 2 is 1.92 bits per heavy atom. The van der Waals surface area contributed by atoms with Gasteiger partial charge in [0.1, 0.15) is 0 Å². The van der Waals surface area contributed by atoms with Crippen molar-refractivity contribution in [1.82, 2.24) is 5.32 Å². The van der Waals surface area contributed by atoms with Crippen LogP contribution in [0, 0.1) is 5.41 Å². The van der Waals surface area contributed by atoms with Crippen molar-refractivity contribution >= 4 is 5.97 Å². The molecule has 0 saturated carbocycles. The molecule has 0 fully saturated rings. The van der Waals surface area contributed by atoms with Crippen molar-refractivity contribution in [3.63, 3.8) is 0 Å². The van der Waals surface area contributed by atoms with Gasteiger partial charge in [-0.15, -0.1) is 0 Å². The number of esters is 1. The molecule has 2 atom stereocenters. The molecule has 0 bridgehead atoms. The van der Waals surface area contributed by atoms with Crippen LogP contribution < -0.4 is 10.1 Å². The second-order valence-corrected chi connectivity index (χ2v) is 8.36. The standard InChI is InChI=1S/C22H25NO3/c1-22(2,3)21(25)26-19-10-13-8-9-17-20(16(13)11-18(19)24)15-7-5-4-6-14(15)12-23-17/h4-7,10-11,17,20,23-24H,8-9,12H2,1-3H3/t17-,20-/m1/s1. The number of benzene rings is 2. The first-order valence-electron chi connectivity index (χ1n) is 9.24. The van der Waals surface area contributed by atoms with Gasteiger partial charge in [0, 0.05) is 18.5 Å². The number of phenolic OH excluding ortho intramolecular Hbond substituents is 1. The van der Waals surface area contributed by atoms with Crippen molar-refractivity contribution in [2.24, 2.45) is 5.41 Å². The SMILES string of the molecule is CC(C)(C)C(=O)Oc1cc2c(cc1O)[C@H]1c3ccccc3CN[C@@H]1CC2. The van der Waals surface area contributed by atoms with E-state index in [4.69, 9.17) is 4.74 Å². The summed E-state index contributed by atoms with van der Waals surface area (Å²) >= 11 is 0. The van der Waals surface area contributed by atoms with Crippen LogP contribution in [-0.4, -0.2) is 17.1 Å². The number of rotatable bonds is 1. The van der Waals surface area contributed by atoms with Gasteiger partial charge in [-0.05, 0) is 68.0 Å². The van der Waals surface area contributed by atoms with E-state index in [9.17, 15) is 9.90 Å². The summed E-state index contributed by atoms with van der Waals surface area (Å²) in [5.41, 5.74) is 4.31. The second kappa shape index (κ2) is 6.13. The summed E-state index contributed by atoms with van der Waals surface area (Å²) in [6, 6.07) is 12.5. The number of aryl methyl sites for hydroxylation is 1. The lowest BCUT2D eigenvalue weighted by molar-refractivity contribution is -0.143. The van der Waals surface area contributed by atoms with E-state index in [0.717, 1.165) is 30.5 Å². The minimum Gasteiger partial charge on any atom is -0.504 e. The maximum Gasteiger partial charge on any atom is 0.316 e. The van der Waals surface area contributed by atoms with Crippen LogP contribution in [0.1, 0.15) is 55.4 Å². The van der Waals surface area contributed by atoms with E-state index < -0.39 is 5.41 Å². The molecule has 2 N–H and O–H groups in total. The molecule has 26 heavy (non-hydrogen) atoms. The molecule has 0 saturated heterocycles. The number of ether oxygens (including phenoxy) is 1. The first-order valence-corrected chi connectivity index (χ1v) is 9.24. The lowest BCUT2D eigenvalue weighted by atomic mass is 9.72. The van der Waals surface area contributed by atoms with Crippen LogP contribution in [0.25, 0.3) is 0 Å². The van der Waals surface area contributed by atoms with Crippen LogP contribution in [0.15, 0.2) is 36.4 Å². The van der Waals surface area contributed by atoms with Gasteiger partial charge in [0.05, 0.1) is 5.41 Å². The molecule has 2 aliphatic rings. The maximum absolute atomic E-state index is 12.2. The second-order valence-electron chi connectivity index (χ2n) is 8.36. The first-order chi connectivity index (χ1) is 12.3. The summed E-state index contributed by atoms with van der Waals surface area (Å²) in [5.74, 6) is 0.178. The quantitative estimate of drug-likeness (QED) is 0.604. The minimum absolute atomic E-state index is 0.0325. The van der Waals surface area contributed by atoms with Crippen LogP contribution in [0.5, 0.6) is 11.5 Å². The van der Waals surface area contributed by atoms with Gasteiger partial charge in [0.2, 0.25) is 0 Å². The fourth-order valence-electron chi connectivity index (χ4n) is 4.01. The number of fused-ring (bicyclic) bond motifs is 5. The van der Waals surface area contributed by atoms with E-state index >= 15 is 0 Å². The van der Waals surface area contributed by atoms with Crippen molar-refractivity contribution in [3.8, 4) is 11.5 Å². The van der Waals surface area contributed by atoms with E-state index in [1.807, 2.05) is 6.07 Å². The predicted octanol–water partition coefficient (Wildman–Crippen LogP) is 3.89. The molecule has 0 aromatic heterocycles. The molecule has 4 heteroatoms. The smallest absolute Gasteiger partial charge is 0.316 e. The third-order valence-electron chi connectivity index (χ3n) is 5.44. The topological polar surface area (TPSA) is 58.6 Å². The van der Waals surface area contributed by atoms with Crippen LogP contribution in [0.2, 0.25) is 0 Å². The molecule has 2 aromatic rings. The highest BCUT2D eigenvalue weighted by molar-refractivity contribution is 5.78. The summed E-state index contributed by atoms with van der Waals surface area (Å²) in [4.78, 5) is 12.2. The monoisotopic (exact) mass is 351 g/mol. The van der Waals surface area contributed by atoms with Gasteiger partial charge >= 0.3 is 5.97 Å². The zero-order valence-corrected chi connectivity index (χ0v) is 15.5. The average molecular weight is 351 g/mol. The van der Waals surface area contributed by atoms with Crippen LogP contribution in [0.4, 0.5) is 0 Å². The molecule has 0 spiro atoms. The van der Waals surface area contributed by atoms with Gasteiger partial charge in [-0.2, -0.15) is 0 Å². The average Bonchev–Trinajstić information content (AvgIpc) is 2.61. The van der Waals surface area contributed by atoms with Gasteiger partial charge in [-0.25, -0.2) is 0 Å². The zero-order chi connectivity index (χ0) is 18.5. The molecule has 4 rings (SSSR count). The van der Waals surface area contributed by atoms with Gasteiger partial charge in [-0.1, -0.05) is 24.3 Å². The Morgan fingerprint density at radius 3 is 2.69 bits per heavy atom. The number of carbonyl (C=O) groups is 1. The fourth-order valence-corrected chi connectivity index (χ4v) is 4.01. The molecule has 1 aliphatic carbocycles. The zero-order valence-electron chi connectivity index (χ0n) is 15.5. The fraction of sp³-hybridized carbons (Fsp3) is 0.409. The molecule has 0 amide bonds. The molecule has 4 nitrogen and oxygen atoms in total. The number of phenols is 1. The van der Waals surface area contributed by atoms with Crippen LogP contribution in [-0.2, 0) is 17.8 Å². The molecule has 0 radical (unpaired) electrons. The molecule has 136 valence electrons. The molecule has 1 heterocycles. The van der Waals surface area contributed by atoms with E-state index in [1.165, 1.54) is 11.1 Å². The number of nitrogens with one attached hydrogen (secondary N) is 1. The Morgan fingerprint density at radius 1 is 1.15 bits per heavy atom. The largest absolute Gasteiger partial charge is 0.504 e. The van der Waals surface area contributed by atoms with E-state index in [-0.39, 0.29) is 23.4 Å². The van der Waals surface area contributed by atoms with Crippen molar-refractivity contribution in [2.75, 3.05) is 0 Å². The molecular formula is C22H25NO3. The Bertz CT molecular complexity index is 866. The Labute approximate surface area is 154 Å².